The molecule has 2 aliphatic rings. The highest BCUT2D eigenvalue weighted by Crippen LogP contribution is 2.49. The minimum Gasteiger partial charge on any atom is -0.456 e. The van der Waals surface area contributed by atoms with Gasteiger partial charge in [-0.05, 0) is 54.7 Å². The lowest BCUT2D eigenvalue weighted by molar-refractivity contribution is -0.149. The van der Waals surface area contributed by atoms with E-state index in [1.165, 1.54) is 19.3 Å². The van der Waals surface area contributed by atoms with Gasteiger partial charge in [-0.2, -0.15) is 0 Å². The topological polar surface area (TPSA) is 55.4 Å². The Kier molecular flexibility index (Phi) is 5.21. The van der Waals surface area contributed by atoms with E-state index in [9.17, 15) is 9.59 Å². The van der Waals surface area contributed by atoms with Crippen LogP contribution in [0, 0.1) is 17.8 Å². The van der Waals surface area contributed by atoms with Crippen LogP contribution in [-0.2, 0) is 20.9 Å². The smallest absolute Gasteiger partial charge is 0.306 e. The van der Waals surface area contributed by atoms with E-state index < -0.39 is 0 Å². The number of benzene rings is 1. The Morgan fingerprint density at radius 2 is 1.96 bits per heavy atom. The molecule has 1 amide bonds. The van der Waals surface area contributed by atoms with Gasteiger partial charge in [0, 0.05) is 18.0 Å². The van der Waals surface area contributed by atoms with E-state index in [1.807, 2.05) is 12.1 Å². The average molecular weight is 336 g/mol. The number of nitrogens with one attached hydrogen (secondary N) is 1. The zero-order valence-electron chi connectivity index (χ0n) is 13.1. The Morgan fingerprint density at radius 1 is 1.17 bits per heavy atom. The third kappa shape index (κ3) is 4.47. The molecular formula is C18H22ClNO3. The van der Waals surface area contributed by atoms with E-state index in [1.54, 1.807) is 12.1 Å². The van der Waals surface area contributed by atoms with Crippen molar-refractivity contribution in [3.63, 3.8) is 0 Å². The van der Waals surface area contributed by atoms with Crippen molar-refractivity contribution in [2.75, 3.05) is 6.61 Å². The Hall–Kier alpha value is -1.55. The molecule has 2 aliphatic carbocycles. The third-order valence-electron chi connectivity index (χ3n) is 5.08. The standard InChI is InChI=1S/C18H22ClNO3/c19-16-5-2-12(3-6-16)10-20-17(21)11-23-18(22)9-15-8-13-1-4-14(15)7-13/h2-3,5-6,13-15H,1,4,7-11H2,(H,20,21)/t13-,14-,15+/m0/s1. The summed E-state index contributed by atoms with van der Waals surface area (Å²) in [6.07, 6.45) is 5.47. The molecule has 3 atom stereocenters. The second kappa shape index (κ2) is 7.35. The summed E-state index contributed by atoms with van der Waals surface area (Å²) in [5.74, 6) is 1.47. The van der Waals surface area contributed by atoms with Crippen LogP contribution in [0.5, 0.6) is 0 Å². The molecule has 1 N–H and O–H groups in total. The molecule has 0 aromatic heterocycles. The normalized spacial score (nSPS) is 25.3. The van der Waals surface area contributed by atoms with E-state index in [2.05, 4.69) is 5.32 Å². The van der Waals surface area contributed by atoms with Crippen molar-refractivity contribution in [2.45, 2.75) is 38.6 Å². The summed E-state index contributed by atoms with van der Waals surface area (Å²) in [5, 5.41) is 3.40. The summed E-state index contributed by atoms with van der Waals surface area (Å²) in [6, 6.07) is 7.25. The van der Waals surface area contributed by atoms with Crippen molar-refractivity contribution < 1.29 is 14.3 Å². The zero-order chi connectivity index (χ0) is 16.2. The molecule has 2 bridgehead atoms. The molecule has 0 spiro atoms. The van der Waals surface area contributed by atoms with Gasteiger partial charge in [0.25, 0.3) is 5.91 Å². The monoisotopic (exact) mass is 335 g/mol. The first-order valence-corrected chi connectivity index (χ1v) is 8.64. The fourth-order valence-corrected chi connectivity index (χ4v) is 4.03. The number of hydrogen-bond acceptors (Lipinski definition) is 3. The molecule has 23 heavy (non-hydrogen) atoms. The van der Waals surface area contributed by atoms with Gasteiger partial charge in [0.2, 0.25) is 0 Å². The van der Waals surface area contributed by atoms with E-state index in [-0.39, 0.29) is 18.5 Å². The molecule has 1 aromatic carbocycles. The van der Waals surface area contributed by atoms with Gasteiger partial charge in [-0.25, -0.2) is 0 Å². The number of carbonyl (C=O) groups excluding carboxylic acids is 2. The first kappa shape index (κ1) is 16.3. The lowest BCUT2D eigenvalue weighted by atomic mass is 9.86. The second-order valence-electron chi connectivity index (χ2n) is 6.70. The number of halogens is 1. The Morgan fingerprint density at radius 3 is 2.61 bits per heavy atom. The highest BCUT2D eigenvalue weighted by Gasteiger charge is 2.40. The van der Waals surface area contributed by atoms with Gasteiger partial charge in [0.05, 0.1) is 0 Å². The van der Waals surface area contributed by atoms with Crippen LogP contribution < -0.4 is 5.32 Å². The predicted molar refractivity (Wildman–Crippen MR) is 87.8 cm³/mol. The number of esters is 1. The van der Waals surface area contributed by atoms with Crippen molar-refractivity contribution in [2.24, 2.45) is 17.8 Å². The quantitative estimate of drug-likeness (QED) is 0.811. The highest BCUT2D eigenvalue weighted by atomic mass is 35.5. The van der Waals surface area contributed by atoms with Gasteiger partial charge in [0.1, 0.15) is 0 Å². The van der Waals surface area contributed by atoms with Crippen LogP contribution in [0.3, 0.4) is 0 Å². The lowest BCUT2D eigenvalue weighted by Gasteiger charge is -2.20. The SMILES string of the molecule is O=C(COC(=O)C[C@H]1C[C@H]2CC[C@H]1C2)NCc1ccc(Cl)cc1. The predicted octanol–water partition coefficient (Wildman–Crippen LogP) is 3.33. The van der Waals surface area contributed by atoms with Crippen LogP contribution in [0.2, 0.25) is 5.02 Å². The van der Waals surface area contributed by atoms with Crippen molar-refractivity contribution in [1.29, 1.82) is 0 Å². The maximum Gasteiger partial charge on any atom is 0.306 e. The highest BCUT2D eigenvalue weighted by molar-refractivity contribution is 6.30. The van der Waals surface area contributed by atoms with Gasteiger partial charge in [-0.1, -0.05) is 30.2 Å². The molecule has 0 unspecified atom stereocenters. The molecule has 0 radical (unpaired) electrons. The fraction of sp³-hybridized carbons (Fsp3) is 0.556. The first-order valence-electron chi connectivity index (χ1n) is 8.27. The number of rotatable bonds is 6. The molecule has 5 heteroatoms. The molecule has 124 valence electrons. The van der Waals surface area contributed by atoms with Crippen LogP contribution in [0.4, 0.5) is 0 Å². The summed E-state index contributed by atoms with van der Waals surface area (Å²) in [4.78, 5) is 23.6. The van der Waals surface area contributed by atoms with E-state index in [0.717, 1.165) is 17.9 Å². The van der Waals surface area contributed by atoms with E-state index in [0.29, 0.717) is 29.8 Å². The van der Waals surface area contributed by atoms with E-state index in [4.69, 9.17) is 16.3 Å². The summed E-state index contributed by atoms with van der Waals surface area (Å²) in [7, 11) is 0. The van der Waals surface area contributed by atoms with E-state index >= 15 is 0 Å². The Bertz CT molecular complexity index is 572. The number of ether oxygens (including phenoxy) is 1. The molecule has 2 fully saturated rings. The second-order valence-corrected chi connectivity index (χ2v) is 7.14. The molecule has 0 aliphatic heterocycles. The number of amides is 1. The van der Waals surface area contributed by atoms with Gasteiger partial charge >= 0.3 is 5.97 Å². The maximum absolute atomic E-state index is 11.9. The Labute approximate surface area is 141 Å². The minimum atomic E-state index is -0.277. The molecule has 3 rings (SSSR count). The fourth-order valence-electron chi connectivity index (χ4n) is 3.90. The van der Waals surface area contributed by atoms with Crippen LogP contribution in [0.25, 0.3) is 0 Å². The number of hydrogen-bond donors (Lipinski definition) is 1. The number of fused-ring (bicyclic) bond motifs is 2. The third-order valence-corrected chi connectivity index (χ3v) is 5.33. The van der Waals surface area contributed by atoms with Crippen LogP contribution in [0.1, 0.15) is 37.7 Å². The molecule has 1 aromatic rings. The van der Waals surface area contributed by atoms with Crippen molar-refractivity contribution in [3.05, 3.63) is 34.9 Å². The number of carbonyl (C=O) groups is 2. The summed E-state index contributed by atoms with van der Waals surface area (Å²) >= 11 is 5.81. The van der Waals surface area contributed by atoms with Gasteiger partial charge in [-0.3, -0.25) is 9.59 Å². The summed E-state index contributed by atoms with van der Waals surface area (Å²) < 4.78 is 5.11. The largest absolute Gasteiger partial charge is 0.456 e. The zero-order valence-corrected chi connectivity index (χ0v) is 13.8. The van der Waals surface area contributed by atoms with Gasteiger partial charge in [0.15, 0.2) is 6.61 Å². The Balaban J connectivity index is 1.34. The molecule has 4 nitrogen and oxygen atoms in total. The molecule has 0 heterocycles. The first-order chi connectivity index (χ1) is 11.1. The summed E-state index contributed by atoms with van der Waals surface area (Å²) in [5.41, 5.74) is 0.955. The van der Waals surface area contributed by atoms with Crippen LogP contribution >= 0.6 is 11.6 Å². The molecule has 0 saturated heterocycles. The minimum absolute atomic E-state index is 0.201. The average Bonchev–Trinajstić information content (AvgIpc) is 3.15. The van der Waals surface area contributed by atoms with Crippen molar-refractivity contribution >= 4 is 23.5 Å². The van der Waals surface area contributed by atoms with Crippen LogP contribution in [-0.4, -0.2) is 18.5 Å². The lowest BCUT2D eigenvalue weighted by Crippen LogP contribution is -2.29. The van der Waals surface area contributed by atoms with Crippen molar-refractivity contribution in [3.8, 4) is 0 Å². The van der Waals surface area contributed by atoms with Gasteiger partial charge in [-0.15, -0.1) is 0 Å². The summed E-state index contributed by atoms with van der Waals surface area (Å²) in [6.45, 7) is 0.202. The van der Waals surface area contributed by atoms with Gasteiger partial charge < -0.3 is 10.1 Å². The van der Waals surface area contributed by atoms with Crippen molar-refractivity contribution in [1.82, 2.24) is 5.32 Å². The maximum atomic E-state index is 11.9. The van der Waals surface area contributed by atoms with Crippen LogP contribution in [0.15, 0.2) is 24.3 Å². The molecular weight excluding hydrogens is 314 g/mol. The molecule has 2 saturated carbocycles.